The van der Waals surface area contributed by atoms with Crippen LogP contribution < -0.4 is 5.32 Å². The quantitative estimate of drug-likeness (QED) is 0.673. The zero-order valence-electron chi connectivity index (χ0n) is 17.5. The highest BCUT2D eigenvalue weighted by molar-refractivity contribution is 7.91. The number of carbonyl (C=O) groups excluding carboxylic acids is 2. The number of methoxy groups -OCH3 is 1. The van der Waals surface area contributed by atoms with E-state index >= 15 is 0 Å². The molecule has 0 radical (unpaired) electrons. The molecule has 1 aromatic carbocycles. The Morgan fingerprint density at radius 2 is 1.87 bits per heavy atom. The second-order valence-electron chi connectivity index (χ2n) is 7.85. The standard InChI is InChI=1S/C19H27N3O7S2/c1-21(16-9-11-30(25,26)13-16)18(23)14-4-3-10-22(12-14)31(27,28)17-7-5-15(6-8-17)20-19(24)29-2/h5-8,14,16H,3-4,9-13H2,1-2H3,(H,20,24)/t14-,16-/m0/s1. The molecule has 10 nitrogen and oxygen atoms in total. The fourth-order valence-corrected chi connectivity index (χ4v) is 7.24. The summed E-state index contributed by atoms with van der Waals surface area (Å²) in [5.74, 6) is -0.714. The molecule has 12 heteroatoms. The number of rotatable bonds is 5. The third kappa shape index (κ3) is 5.36. The van der Waals surface area contributed by atoms with E-state index in [9.17, 15) is 26.4 Å². The van der Waals surface area contributed by atoms with E-state index in [0.717, 1.165) is 0 Å². The topological polar surface area (TPSA) is 130 Å². The van der Waals surface area contributed by atoms with Crippen LogP contribution in [0.5, 0.6) is 0 Å². The van der Waals surface area contributed by atoms with E-state index in [-0.39, 0.29) is 34.9 Å². The number of anilines is 1. The molecule has 0 saturated carbocycles. The summed E-state index contributed by atoms with van der Waals surface area (Å²) in [6, 6.07) is 5.35. The number of amides is 2. The Morgan fingerprint density at radius 1 is 1.19 bits per heavy atom. The first-order valence-electron chi connectivity index (χ1n) is 9.96. The SMILES string of the molecule is COC(=O)Nc1ccc(S(=O)(=O)N2CCC[C@H](C(=O)N(C)[C@H]3CCS(=O)(=O)C3)C2)cc1. The predicted octanol–water partition coefficient (Wildman–Crippen LogP) is 0.911. The van der Waals surface area contributed by atoms with Gasteiger partial charge >= 0.3 is 6.09 Å². The Kier molecular flexibility index (Phi) is 6.92. The summed E-state index contributed by atoms with van der Waals surface area (Å²) >= 11 is 0. The van der Waals surface area contributed by atoms with Crippen molar-refractivity contribution in [3.8, 4) is 0 Å². The van der Waals surface area contributed by atoms with Gasteiger partial charge in [-0.05, 0) is 43.5 Å². The van der Waals surface area contributed by atoms with Crippen LogP contribution in [0.1, 0.15) is 19.3 Å². The lowest BCUT2D eigenvalue weighted by Crippen LogP contribution is -2.48. The maximum absolute atomic E-state index is 13.1. The van der Waals surface area contributed by atoms with E-state index in [2.05, 4.69) is 10.1 Å². The van der Waals surface area contributed by atoms with Gasteiger partial charge in [0.25, 0.3) is 0 Å². The number of piperidine rings is 1. The minimum atomic E-state index is -3.82. The summed E-state index contributed by atoms with van der Waals surface area (Å²) in [5.41, 5.74) is 0.394. The van der Waals surface area contributed by atoms with Crippen molar-refractivity contribution in [1.82, 2.24) is 9.21 Å². The number of carbonyl (C=O) groups is 2. The lowest BCUT2D eigenvalue weighted by molar-refractivity contribution is -0.137. The van der Waals surface area contributed by atoms with Crippen molar-refractivity contribution in [1.29, 1.82) is 0 Å². The molecule has 1 N–H and O–H groups in total. The molecule has 2 atom stereocenters. The minimum Gasteiger partial charge on any atom is -0.453 e. The van der Waals surface area contributed by atoms with Crippen molar-refractivity contribution in [2.45, 2.75) is 30.2 Å². The number of sulfone groups is 1. The number of ether oxygens (including phenoxy) is 1. The fraction of sp³-hybridized carbons (Fsp3) is 0.579. The van der Waals surface area contributed by atoms with Crippen molar-refractivity contribution in [3.05, 3.63) is 24.3 Å². The highest BCUT2D eigenvalue weighted by Crippen LogP contribution is 2.27. The van der Waals surface area contributed by atoms with Gasteiger partial charge in [-0.2, -0.15) is 4.31 Å². The molecule has 172 valence electrons. The molecular formula is C19H27N3O7S2. The molecule has 0 bridgehead atoms. The largest absolute Gasteiger partial charge is 0.453 e. The summed E-state index contributed by atoms with van der Waals surface area (Å²) in [6.45, 7) is 0.350. The molecule has 2 saturated heterocycles. The monoisotopic (exact) mass is 473 g/mol. The van der Waals surface area contributed by atoms with Gasteiger partial charge in [0, 0.05) is 31.9 Å². The van der Waals surface area contributed by atoms with Crippen molar-refractivity contribution in [2.24, 2.45) is 5.92 Å². The maximum Gasteiger partial charge on any atom is 0.411 e. The van der Waals surface area contributed by atoms with Gasteiger partial charge in [-0.3, -0.25) is 10.1 Å². The van der Waals surface area contributed by atoms with Crippen molar-refractivity contribution >= 4 is 37.5 Å². The Labute approximate surface area is 182 Å². The van der Waals surface area contributed by atoms with E-state index in [1.165, 1.54) is 40.6 Å². The van der Waals surface area contributed by atoms with Crippen LogP contribution in [0.2, 0.25) is 0 Å². The van der Waals surface area contributed by atoms with E-state index in [4.69, 9.17) is 0 Å². The number of nitrogens with zero attached hydrogens (tertiary/aromatic N) is 2. The van der Waals surface area contributed by atoms with Crippen LogP contribution in [0.15, 0.2) is 29.2 Å². The minimum absolute atomic E-state index is 0.0457. The van der Waals surface area contributed by atoms with Gasteiger partial charge in [0.2, 0.25) is 15.9 Å². The zero-order chi connectivity index (χ0) is 22.8. The average Bonchev–Trinajstić information content (AvgIpc) is 3.12. The second-order valence-corrected chi connectivity index (χ2v) is 12.0. The molecule has 0 aliphatic carbocycles. The van der Waals surface area contributed by atoms with Crippen LogP contribution >= 0.6 is 0 Å². The third-order valence-electron chi connectivity index (χ3n) is 5.76. The number of hydrogen-bond donors (Lipinski definition) is 1. The first-order chi connectivity index (χ1) is 14.5. The molecule has 1 aromatic rings. The van der Waals surface area contributed by atoms with Gasteiger partial charge in [-0.25, -0.2) is 21.6 Å². The van der Waals surface area contributed by atoms with Crippen molar-refractivity contribution in [3.63, 3.8) is 0 Å². The molecule has 0 aromatic heterocycles. The summed E-state index contributed by atoms with van der Waals surface area (Å²) < 4.78 is 55.4. The van der Waals surface area contributed by atoms with E-state index < -0.39 is 31.9 Å². The number of sulfonamides is 1. The molecule has 3 rings (SSSR count). The van der Waals surface area contributed by atoms with Crippen LogP contribution in [-0.2, 0) is 29.4 Å². The lowest BCUT2D eigenvalue weighted by Gasteiger charge is -2.34. The predicted molar refractivity (Wildman–Crippen MR) is 114 cm³/mol. The Hall–Kier alpha value is -2.18. The smallest absolute Gasteiger partial charge is 0.411 e. The number of hydrogen-bond acceptors (Lipinski definition) is 7. The number of nitrogens with one attached hydrogen (secondary N) is 1. The van der Waals surface area contributed by atoms with Crippen LogP contribution in [0.3, 0.4) is 0 Å². The van der Waals surface area contributed by atoms with Crippen LogP contribution in [-0.4, -0.2) is 82.8 Å². The summed E-state index contributed by atoms with van der Waals surface area (Å²) in [5, 5.41) is 2.45. The molecule has 0 unspecified atom stereocenters. The molecule has 2 fully saturated rings. The highest BCUT2D eigenvalue weighted by Gasteiger charge is 2.38. The molecule has 2 aliphatic heterocycles. The number of benzene rings is 1. The summed E-state index contributed by atoms with van der Waals surface area (Å²) in [6.07, 6.45) is 0.836. The van der Waals surface area contributed by atoms with Crippen molar-refractivity contribution in [2.75, 3.05) is 44.1 Å². The molecule has 2 heterocycles. The van der Waals surface area contributed by atoms with Gasteiger partial charge in [0.05, 0.1) is 29.4 Å². The molecule has 2 amide bonds. The van der Waals surface area contributed by atoms with Crippen LogP contribution in [0.4, 0.5) is 10.5 Å². The van der Waals surface area contributed by atoms with E-state index in [0.29, 0.717) is 31.5 Å². The summed E-state index contributed by atoms with van der Waals surface area (Å²) in [7, 11) is -4.12. The maximum atomic E-state index is 13.1. The Bertz CT molecular complexity index is 1040. The second kappa shape index (κ2) is 9.13. The van der Waals surface area contributed by atoms with Gasteiger partial charge in [0.15, 0.2) is 9.84 Å². The molecule has 0 spiro atoms. The lowest BCUT2D eigenvalue weighted by atomic mass is 9.97. The average molecular weight is 474 g/mol. The third-order valence-corrected chi connectivity index (χ3v) is 9.39. The van der Waals surface area contributed by atoms with Crippen molar-refractivity contribution < 1.29 is 31.2 Å². The van der Waals surface area contributed by atoms with Gasteiger partial charge < -0.3 is 9.64 Å². The first kappa shape index (κ1) is 23.5. The molecular weight excluding hydrogens is 446 g/mol. The fourth-order valence-electron chi connectivity index (χ4n) is 3.94. The normalized spacial score (nSPS) is 23.8. The summed E-state index contributed by atoms with van der Waals surface area (Å²) in [4.78, 5) is 25.7. The van der Waals surface area contributed by atoms with Crippen LogP contribution in [0, 0.1) is 5.92 Å². The van der Waals surface area contributed by atoms with Gasteiger partial charge in [0.1, 0.15) is 0 Å². The van der Waals surface area contributed by atoms with E-state index in [1.807, 2.05) is 0 Å². The van der Waals surface area contributed by atoms with Crippen LogP contribution in [0.25, 0.3) is 0 Å². The first-order valence-corrected chi connectivity index (χ1v) is 13.2. The Balaban J connectivity index is 1.69. The Morgan fingerprint density at radius 3 is 2.45 bits per heavy atom. The highest BCUT2D eigenvalue weighted by atomic mass is 32.2. The molecule has 31 heavy (non-hydrogen) atoms. The molecule has 2 aliphatic rings. The van der Waals surface area contributed by atoms with Gasteiger partial charge in [-0.1, -0.05) is 0 Å². The zero-order valence-corrected chi connectivity index (χ0v) is 19.1. The van der Waals surface area contributed by atoms with Gasteiger partial charge in [-0.15, -0.1) is 0 Å². The van der Waals surface area contributed by atoms with E-state index in [1.54, 1.807) is 7.05 Å².